The molecular weight excluding hydrogens is 281 g/mol. The third kappa shape index (κ3) is 2.40. The van der Waals surface area contributed by atoms with Crippen molar-refractivity contribution in [3.05, 3.63) is 22.7 Å². The summed E-state index contributed by atoms with van der Waals surface area (Å²) in [5.74, 6) is 0. The van der Waals surface area contributed by atoms with Crippen molar-refractivity contribution >= 4 is 55.7 Å². The molecule has 0 aliphatic heterocycles. The molecule has 8 heteroatoms. The summed E-state index contributed by atoms with van der Waals surface area (Å²) in [5, 5.41) is 0. The summed E-state index contributed by atoms with van der Waals surface area (Å²) in [6.45, 7) is 0. The number of nitrogens with zero attached hydrogens (tertiary/aromatic N) is 1. The van der Waals surface area contributed by atoms with Gasteiger partial charge in [0.05, 0.1) is 4.70 Å². The first-order chi connectivity index (χ1) is 6.48. The standard InChI is InChI=1S/C7H4ClNO3S2.ClH/c8-7-9-6-4(13-7)2-1-3-5(6)14(10,11)12;/h1-3H,(H,10,11,12);1H. The third-order valence-corrected chi connectivity index (χ3v) is 3.64. The van der Waals surface area contributed by atoms with Crippen LogP contribution in [0.4, 0.5) is 0 Å². The zero-order chi connectivity index (χ0) is 10.3. The second kappa shape index (κ2) is 4.23. The number of hydrogen-bond acceptors (Lipinski definition) is 4. The first kappa shape index (κ1) is 12.7. The Hall–Kier alpha value is -0.400. The lowest BCUT2D eigenvalue weighted by atomic mass is 10.3. The Morgan fingerprint density at radius 2 is 2.07 bits per heavy atom. The predicted octanol–water partition coefficient (Wildman–Crippen LogP) is 2.62. The van der Waals surface area contributed by atoms with Crippen LogP contribution in [0.1, 0.15) is 0 Å². The Bertz CT molecular complexity index is 593. The van der Waals surface area contributed by atoms with Gasteiger partial charge in [-0.15, -0.1) is 23.7 Å². The smallest absolute Gasteiger partial charge is 0.282 e. The van der Waals surface area contributed by atoms with Gasteiger partial charge >= 0.3 is 0 Å². The highest BCUT2D eigenvalue weighted by Gasteiger charge is 2.16. The molecule has 0 radical (unpaired) electrons. The van der Waals surface area contributed by atoms with Gasteiger partial charge in [0.25, 0.3) is 10.1 Å². The van der Waals surface area contributed by atoms with Crippen LogP contribution in [0.15, 0.2) is 23.1 Å². The van der Waals surface area contributed by atoms with Gasteiger partial charge < -0.3 is 0 Å². The van der Waals surface area contributed by atoms with Gasteiger partial charge in [-0.25, -0.2) is 4.98 Å². The lowest BCUT2D eigenvalue weighted by molar-refractivity contribution is 0.484. The van der Waals surface area contributed by atoms with Crippen molar-refractivity contribution < 1.29 is 13.0 Å². The van der Waals surface area contributed by atoms with E-state index in [1.807, 2.05) is 0 Å². The van der Waals surface area contributed by atoms with Crippen LogP contribution in [0.3, 0.4) is 0 Å². The van der Waals surface area contributed by atoms with E-state index in [0.29, 0.717) is 4.70 Å². The SMILES string of the molecule is Cl.O=S(=O)(O)c1cccc2sc(Cl)nc12. The lowest BCUT2D eigenvalue weighted by Gasteiger charge is -1.96. The summed E-state index contributed by atoms with van der Waals surface area (Å²) in [4.78, 5) is 3.61. The van der Waals surface area contributed by atoms with Crippen LogP contribution in [0, 0.1) is 0 Å². The van der Waals surface area contributed by atoms with Crippen molar-refractivity contribution in [1.82, 2.24) is 4.98 Å². The molecule has 0 fully saturated rings. The average molecular weight is 286 g/mol. The van der Waals surface area contributed by atoms with Crippen molar-refractivity contribution in [2.24, 2.45) is 0 Å². The Balaban J connectivity index is 0.00000112. The Kier molecular flexibility index (Phi) is 3.57. The van der Waals surface area contributed by atoms with E-state index in [-0.39, 0.29) is 27.3 Å². The quantitative estimate of drug-likeness (QED) is 0.818. The van der Waals surface area contributed by atoms with E-state index in [9.17, 15) is 8.42 Å². The minimum atomic E-state index is -4.23. The molecule has 1 N–H and O–H groups in total. The highest BCUT2D eigenvalue weighted by Crippen LogP contribution is 2.29. The van der Waals surface area contributed by atoms with Crippen LogP contribution in [0.2, 0.25) is 4.47 Å². The first-order valence-electron chi connectivity index (χ1n) is 3.51. The zero-order valence-corrected chi connectivity index (χ0v) is 10.3. The molecule has 0 bridgehead atoms. The molecule has 4 nitrogen and oxygen atoms in total. The maximum absolute atomic E-state index is 10.9. The summed E-state index contributed by atoms with van der Waals surface area (Å²) in [6.07, 6.45) is 0. The van der Waals surface area contributed by atoms with Crippen LogP contribution in [0.5, 0.6) is 0 Å². The van der Waals surface area contributed by atoms with Crippen molar-refractivity contribution in [2.45, 2.75) is 4.90 Å². The monoisotopic (exact) mass is 285 g/mol. The molecule has 0 aliphatic rings. The highest BCUT2D eigenvalue weighted by molar-refractivity contribution is 7.86. The molecule has 0 spiro atoms. The van der Waals surface area contributed by atoms with Gasteiger partial charge in [0, 0.05) is 0 Å². The molecule has 0 saturated heterocycles. The van der Waals surface area contributed by atoms with Gasteiger partial charge in [0.15, 0.2) is 4.47 Å². The van der Waals surface area contributed by atoms with Crippen LogP contribution in [0.25, 0.3) is 10.2 Å². The predicted molar refractivity (Wildman–Crippen MR) is 61.7 cm³/mol. The number of rotatable bonds is 1. The molecule has 2 aromatic rings. The molecule has 0 atom stereocenters. The maximum atomic E-state index is 10.9. The number of para-hydroxylation sites is 1. The van der Waals surface area contributed by atoms with E-state index >= 15 is 0 Å². The van der Waals surface area contributed by atoms with Crippen molar-refractivity contribution in [3.63, 3.8) is 0 Å². The normalized spacial score (nSPS) is 11.3. The van der Waals surface area contributed by atoms with Crippen LogP contribution < -0.4 is 0 Å². The van der Waals surface area contributed by atoms with Crippen molar-refractivity contribution in [3.8, 4) is 0 Å². The third-order valence-electron chi connectivity index (χ3n) is 1.63. The number of fused-ring (bicyclic) bond motifs is 1. The molecule has 0 unspecified atom stereocenters. The highest BCUT2D eigenvalue weighted by atomic mass is 35.5. The van der Waals surface area contributed by atoms with Gasteiger partial charge in [-0.1, -0.05) is 17.7 Å². The van der Waals surface area contributed by atoms with Gasteiger partial charge in [-0.2, -0.15) is 8.42 Å². The minimum Gasteiger partial charge on any atom is -0.282 e. The van der Waals surface area contributed by atoms with Crippen molar-refractivity contribution in [1.29, 1.82) is 0 Å². The average Bonchev–Trinajstić information content (AvgIpc) is 2.41. The molecule has 0 saturated carbocycles. The first-order valence-corrected chi connectivity index (χ1v) is 6.14. The molecule has 2 rings (SSSR count). The van der Waals surface area contributed by atoms with E-state index in [0.717, 1.165) is 11.3 Å². The largest absolute Gasteiger partial charge is 0.296 e. The Morgan fingerprint density at radius 3 is 2.67 bits per heavy atom. The molecule has 0 aliphatic carbocycles. The molecule has 82 valence electrons. The Morgan fingerprint density at radius 1 is 1.40 bits per heavy atom. The maximum Gasteiger partial charge on any atom is 0.296 e. The van der Waals surface area contributed by atoms with Gasteiger partial charge in [-0.3, -0.25) is 4.55 Å². The number of thiazole rings is 1. The molecular formula is C7H5Cl2NO3S2. The number of halogens is 2. The topological polar surface area (TPSA) is 67.3 Å². The summed E-state index contributed by atoms with van der Waals surface area (Å²) < 4.78 is 31.6. The van der Waals surface area contributed by atoms with Crippen LogP contribution in [-0.2, 0) is 10.1 Å². The lowest BCUT2D eigenvalue weighted by Crippen LogP contribution is -1.98. The second-order valence-electron chi connectivity index (χ2n) is 2.54. The zero-order valence-electron chi connectivity index (χ0n) is 7.05. The molecule has 1 aromatic heterocycles. The van der Waals surface area contributed by atoms with E-state index in [2.05, 4.69) is 4.98 Å². The van der Waals surface area contributed by atoms with E-state index in [4.69, 9.17) is 16.2 Å². The van der Waals surface area contributed by atoms with Gasteiger partial charge in [0.1, 0.15) is 10.4 Å². The van der Waals surface area contributed by atoms with Gasteiger partial charge in [-0.05, 0) is 12.1 Å². The van der Waals surface area contributed by atoms with E-state index in [1.54, 1.807) is 6.07 Å². The van der Waals surface area contributed by atoms with Crippen LogP contribution >= 0.6 is 35.3 Å². The summed E-state index contributed by atoms with van der Waals surface area (Å²) in [5.41, 5.74) is 0.213. The van der Waals surface area contributed by atoms with Crippen molar-refractivity contribution in [2.75, 3.05) is 0 Å². The second-order valence-corrected chi connectivity index (χ2v) is 5.55. The van der Waals surface area contributed by atoms with Crippen LogP contribution in [-0.4, -0.2) is 18.0 Å². The fraction of sp³-hybridized carbons (Fsp3) is 0. The fourth-order valence-corrected chi connectivity index (χ4v) is 2.87. The molecule has 1 aromatic carbocycles. The summed E-state index contributed by atoms with van der Waals surface area (Å²) in [7, 11) is -4.23. The summed E-state index contributed by atoms with van der Waals surface area (Å²) in [6, 6.07) is 4.50. The molecule has 1 heterocycles. The van der Waals surface area contributed by atoms with Gasteiger partial charge in [0.2, 0.25) is 0 Å². The minimum absolute atomic E-state index is 0. The van der Waals surface area contributed by atoms with E-state index < -0.39 is 10.1 Å². The molecule has 15 heavy (non-hydrogen) atoms. The number of benzene rings is 1. The van der Waals surface area contributed by atoms with E-state index in [1.165, 1.54) is 12.1 Å². The molecule has 0 amide bonds. The number of hydrogen-bond donors (Lipinski definition) is 1. The fourth-order valence-electron chi connectivity index (χ4n) is 1.10. The number of aromatic nitrogens is 1. The summed E-state index contributed by atoms with van der Waals surface area (Å²) >= 11 is 6.80. The Labute approximate surface area is 101 Å².